The molecule has 1 saturated heterocycles. The molecule has 0 radical (unpaired) electrons. The monoisotopic (exact) mass is 231 g/mol. The summed E-state index contributed by atoms with van der Waals surface area (Å²) in [4.78, 5) is 13.6. The van der Waals surface area contributed by atoms with Crippen molar-refractivity contribution in [1.82, 2.24) is 4.90 Å². The minimum Gasteiger partial charge on any atom is -0.465 e. The van der Waals surface area contributed by atoms with Gasteiger partial charge < -0.3 is 4.74 Å². The van der Waals surface area contributed by atoms with Crippen molar-refractivity contribution in [3.63, 3.8) is 0 Å². The molecule has 0 aromatic carbocycles. The van der Waals surface area contributed by atoms with Crippen LogP contribution in [-0.4, -0.2) is 48.1 Å². The summed E-state index contributed by atoms with van der Waals surface area (Å²) in [7, 11) is 0. The van der Waals surface area contributed by atoms with Gasteiger partial charge in [0.25, 0.3) is 0 Å². The number of unbranched alkanes of at least 4 members (excludes halogenated alkanes) is 1. The average Bonchev–Trinajstić information content (AvgIpc) is 2.18. The van der Waals surface area contributed by atoms with Gasteiger partial charge in [-0.2, -0.15) is 11.8 Å². The Kier molecular flexibility index (Phi) is 6.10. The van der Waals surface area contributed by atoms with E-state index < -0.39 is 0 Å². The molecule has 0 saturated carbocycles. The second-order valence-electron chi connectivity index (χ2n) is 3.99. The molecule has 1 rings (SSSR count). The van der Waals surface area contributed by atoms with Crippen LogP contribution in [-0.2, 0) is 9.53 Å². The van der Waals surface area contributed by atoms with E-state index in [1.165, 1.54) is 0 Å². The number of carbonyl (C=O) groups excluding carboxylic acids is 1. The summed E-state index contributed by atoms with van der Waals surface area (Å²) < 4.78 is 5.13. The normalized spacial score (nSPS) is 22.7. The van der Waals surface area contributed by atoms with E-state index in [1.807, 2.05) is 11.8 Å². The smallest absolute Gasteiger partial charge is 0.320 e. The van der Waals surface area contributed by atoms with Crippen LogP contribution >= 0.6 is 11.8 Å². The van der Waals surface area contributed by atoms with E-state index in [2.05, 4.69) is 18.7 Å². The van der Waals surface area contributed by atoms with Gasteiger partial charge in [0.2, 0.25) is 0 Å². The fourth-order valence-corrected chi connectivity index (χ4v) is 2.67. The highest BCUT2D eigenvalue weighted by atomic mass is 32.2. The third kappa shape index (κ3) is 5.42. The van der Waals surface area contributed by atoms with Gasteiger partial charge in [-0.3, -0.25) is 9.69 Å². The number of nitrogens with zero attached hydrogens (tertiary/aromatic N) is 1. The average molecular weight is 231 g/mol. The van der Waals surface area contributed by atoms with E-state index in [4.69, 9.17) is 4.74 Å². The van der Waals surface area contributed by atoms with Crippen molar-refractivity contribution in [3.8, 4) is 0 Å². The Morgan fingerprint density at radius 1 is 1.60 bits per heavy atom. The standard InChI is InChI=1S/C11H21NO2S/c1-3-4-6-14-11(13)9-12-5-7-15-10(2)8-12/h10H,3-9H2,1-2H3. The highest BCUT2D eigenvalue weighted by Crippen LogP contribution is 2.17. The van der Waals surface area contributed by atoms with Crippen molar-refractivity contribution < 1.29 is 9.53 Å². The fourth-order valence-electron chi connectivity index (χ4n) is 1.59. The van der Waals surface area contributed by atoms with E-state index in [0.717, 1.165) is 31.7 Å². The predicted molar refractivity (Wildman–Crippen MR) is 64.2 cm³/mol. The molecule has 0 bridgehead atoms. The van der Waals surface area contributed by atoms with Gasteiger partial charge in [0.1, 0.15) is 0 Å². The summed E-state index contributed by atoms with van der Waals surface area (Å²) in [6.45, 7) is 7.37. The molecule has 0 spiro atoms. The molecule has 1 unspecified atom stereocenters. The molecule has 1 fully saturated rings. The van der Waals surface area contributed by atoms with Crippen molar-refractivity contribution in [2.24, 2.45) is 0 Å². The topological polar surface area (TPSA) is 29.5 Å². The maximum Gasteiger partial charge on any atom is 0.320 e. The molecule has 0 N–H and O–H groups in total. The summed E-state index contributed by atoms with van der Waals surface area (Å²) in [5.74, 6) is 1.06. The van der Waals surface area contributed by atoms with E-state index in [1.54, 1.807) is 0 Å². The molecule has 15 heavy (non-hydrogen) atoms. The minimum atomic E-state index is -0.0671. The first-order valence-corrected chi connectivity index (χ1v) is 6.76. The van der Waals surface area contributed by atoms with Gasteiger partial charge in [-0.05, 0) is 6.42 Å². The number of thioether (sulfide) groups is 1. The van der Waals surface area contributed by atoms with Crippen molar-refractivity contribution in [1.29, 1.82) is 0 Å². The maximum atomic E-state index is 11.4. The van der Waals surface area contributed by atoms with E-state index >= 15 is 0 Å². The first-order valence-electron chi connectivity index (χ1n) is 5.72. The summed E-state index contributed by atoms with van der Waals surface area (Å²) in [5, 5.41) is 0.641. The van der Waals surface area contributed by atoms with Crippen LogP contribution in [0.25, 0.3) is 0 Å². The Labute approximate surface area is 96.5 Å². The molecule has 0 aromatic rings. The van der Waals surface area contributed by atoms with Crippen LogP contribution in [0.2, 0.25) is 0 Å². The van der Waals surface area contributed by atoms with E-state index in [-0.39, 0.29) is 5.97 Å². The molecule has 88 valence electrons. The second-order valence-corrected chi connectivity index (χ2v) is 5.54. The predicted octanol–water partition coefficient (Wildman–Crippen LogP) is 1.77. The zero-order valence-electron chi connectivity index (χ0n) is 9.70. The first kappa shape index (κ1) is 12.8. The molecular weight excluding hydrogens is 210 g/mol. The Hall–Kier alpha value is -0.220. The lowest BCUT2D eigenvalue weighted by Crippen LogP contribution is -2.40. The molecule has 0 aliphatic carbocycles. The number of ether oxygens (including phenoxy) is 1. The van der Waals surface area contributed by atoms with Gasteiger partial charge in [0.05, 0.1) is 13.2 Å². The van der Waals surface area contributed by atoms with Crippen LogP contribution in [0.4, 0.5) is 0 Å². The van der Waals surface area contributed by atoms with Crippen LogP contribution in [0, 0.1) is 0 Å². The van der Waals surface area contributed by atoms with Crippen molar-refractivity contribution in [3.05, 3.63) is 0 Å². The summed E-state index contributed by atoms with van der Waals surface area (Å²) in [6, 6.07) is 0. The number of hydrogen-bond donors (Lipinski definition) is 0. The van der Waals surface area contributed by atoms with Crippen LogP contribution in [0.1, 0.15) is 26.7 Å². The molecule has 1 aliphatic heterocycles. The molecule has 0 aromatic heterocycles. The Bertz CT molecular complexity index is 199. The minimum absolute atomic E-state index is 0.0671. The third-order valence-corrected chi connectivity index (χ3v) is 3.58. The highest BCUT2D eigenvalue weighted by molar-refractivity contribution is 7.99. The lowest BCUT2D eigenvalue weighted by molar-refractivity contribution is -0.145. The molecule has 1 aliphatic rings. The van der Waals surface area contributed by atoms with Gasteiger partial charge in [0.15, 0.2) is 0 Å². The van der Waals surface area contributed by atoms with Crippen LogP contribution in [0.3, 0.4) is 0 Å². The first-order chi connectivity index (χ1) is 7.22. The third-order valence-electron chi connectivity index (χ3n) is 2.44. The summed E-state index contributed by atoms with van der Waals surface area (Å²) in [6.07, 6.45) is 2.04. The van der Waals surface area contributed by atoms with Gasteiger partial charge in [0, 0.05) is 24.1 Å². The summed E-state index contributed by atoms with van der Waals surface area (Å²) in [5.41, 5.74) is 0. The van der Waals surface area contributed by atoms with Gasteiger partial charge in [-0.1, -0.05) is 20.3 Å². The zero-order chi connectivity index (χ0) is 11.1. The van der Waals surface area contributed by atoms with E-state index in [9.17, 15) is 4.79 Å². The van der Waals surface area contributed by atoms with Crippen LogP contribution < -0.4 is 0 Å². The van der Waals surface area contributed by atoms with E-state index in [0.29, 0.717) is 18.4 Å². The maximum absolute atomic E-state index is 11.4. The Morgan fingerprint density at radius 3 is 3.07 bits per heavy atom. The highest BCUT2D eigenvalue weighted by Gasteiger charge is 2.19. The number of hydrogen-bond acceptors (Lipinski definition) is 4. The number of esters is 1. The van der Waals surface area contributed by atoms with Gasteiger partial charge in [-0.15, -0.1) is 0 Å². The molecule has 0 amide bonds. The SMILES string of the molecule is CCCCOC(=O)CN1CCSC(C)C1. The second kappa shape index (κ2) is 7.12. The van der Waals surface area contributed by atoms with Crippen molar-refractivity contribution in [2.75, 3.05) is 32.0 Å². The quantitative estimate of drug-likeness (QED) is 0.533. The summed E-state index contributed by atoms with van der Waals surface area (Å²) >= 11 is 1.98. The van der Waals surface area contributed by atoms with Crippen LogP contribution in [0.5, 0.6) is 0 Å². The molecular formula is C11H21NO2S. The van der Waals surface area contributed by atoms with Crippen LogP contribution in [0.15, 0.2) is 0 Å². The van der Waals surface area contributed by atoms with Crippen molar-refractivity contribution in [2.45, 2.75) is 31.9 Å². The fraction of sp³-hybridized carbons (Fsp3) is 0.909. The zero-order valence-corrected chi connectivity index (χ0v) is 10.5. The van der Waals surface area contributed by atoms with Crippen molar-refractivity contribution >= 4 is 17.7 Å². The van der Waals surface area contributed by atoms with Gasteiger partial charge in [-0.25, -0.2) is 0 Å². The largest absolute Gasteiger partial charge is 0.465 e. The Balaban J connectivity index is 2.13. The van der Waals surface area contributed by atoms with Gasteiger partial charge >= 0.3 is 5.97 Å². The molecule has 4 heteroatoms. The lowest BCUT2D eigenvalue weighted by Gasteiger charge is -2.29. The molecule has 3 nitrogen and oxygen atoms in total. The number of rotatable bonds is 5. The Morgan fingerprint density at radius 2 is 2.40 bits per heavy atom. The number of carbonyl (C=O) groups is 1. The lowest BCUT2D eigenvalue weighted by atomic mass is 10.3. The molecule has 1 atom stereocenters. The molecule has 1 heterocycles.